The van der Waals surface area contributed by atoms with E-state index in [1.165, 1.54) is 0 Å². The van der Waals surface area contributed by atoms with Crippen LogP contribution in [0, 0.1) is 0 Å². The fourth-order valence-corrected chi connectivity index (χ4v) is 1.72. The molecule has 0 saturated carbocycles. The molecule has 13 heavy (non-hydrogen) atoms. The normalized spacial score (nSPS) is 35.3. The first-order valence-electron chi connectivity index (χ1n) is 3.60. The van der Waals surface area contributed by atoms with Crippen LogP contribution in [-0.2, 0) is 9.26 Å². The molecular weight excluding hydrogens is 203 g/mol. The molecule has 1 saturated heterocycles. The lowest BCUT2D eigenvalue weighted by atomic mass is 10.2. The van der Waals surface area contributed by atoms with Crippen LogP contribution in [0.15, 0.2) is 0 Å². The van der Waals surface area contributed by atoms with Gasteiger partial charge in [0.25, 0.3) is 0 Å². The Morgan fingerprint density at radius 2 is 2.00 bits per heavy atom. The third kappa shape index (κ3) is 3.08. The van der Waals surface area contributed by atoms with Gasteiger partial charge < -0.3 is 14.9 Å². The van der Waals surface area contributed by atoms with Crippen LogP contribution < -0.4 is 0 Å². The predicted octanol–water partition coefficient (Wildman–Crippen LogP) is -2.22. The molecule has 0 aromatic heterocycles. The SMILES string of the molecule is OCC1OCC(O)C1O[P+](O)(O)O. The molecular formula is C5H12O7P+. The van der Waals surface area contributed by atoms with Crippen molar-refractivity contribution in [3.63, 3.8) is 0 Å². The molecule has 3 atom stereocenters. The summed E-state index contributed by atoms with van der Waals surface area (Å²) in [5, 5.41) is 17.9. The van der Waals surface area contributed by atoms with E-state index in [1.54, 1.807) is 0 Å². The van der Waals surface area contributed by atoms with Gasteiger partial charge in [0.2, 0.25) is 0 Å². The summed E-state index contributed by atoms with van der Waals surface area (Å²) >= 11 is 0. The lowest BCUT2D eigenvalue weighted by Gasteiger charge is -2.16. The maximum Gasteiger partial charge on any atom is 0.567 e. The van der Waals surface area contributed by atoms with Gasteiger partial charge in [0.05, 0.1) is 13.2 Å². The van der Waals surface area contributed by atoms with Crippen molar-refractivity contribution in [3.8, 4) is 0 Å². The standard InChI is InChI=1S/C5H12O7P/c6-1-4-5(3(7)2-11-4)12-13(8,9)10/h3-10H,1-2H2/q+1. The average Bonchev–Trinajstić information content (AvgIpc) is 2.30. The average molecular weight is 215 g/mol. The van der Waals surface area contributed by atoms with Crippen molar-refractivity contribution < 1.29 is 34.2 Å². The lowest BCUT2D eigenvalue weighted by molar-refractivity contribution is -0.0139. The first-order valence-corrected chi connectivity index (χ1v) is 5.17. The van der Waals surface area contributed by atoms with Crippen molar-refractivity contribution >= 4 is 8.17 Å². The summed E-state index contributed by atoms with van der Waals surface area (Å²) in [4.78, 5) is 25.7. The minimum absolute atomic E-state index is 0.0735. The molecule has 0 bridgehead atoms. The molecule has 1 rings (SSSR count). The number of hydrogen-bond donors (Lipinski definition) is 5. The van der Waals surface area contributed by atoms with Crippen molar-refractivity contribution in [3.05, 3.63) is 0 Å². The number of ether oxygens (including phenoxy) is 1. The third-order valence-electron chi connectivity index (χ3n) is 1.67. The fraction of sp³-hybridized carbons (Fsp3) is 1.00. The fourth-order valence-electron chi connectivity index (χ4n) is 1.12. The van der Waals surface area contributed by atoms with E-state index >= 15 is 0 Å². The minimum atomic E-state index is -4.40. The van der Waals surface area contributed by atoms with Crippen molar-refractivity contribution in [2.24, 2.45) is 0 Å². The van der Waals surface area contributed by atoms with Gasteiger partial charge in [-0.05, 0) is 0 Å². The van der Waals surface area contributed by atoms with Crippen molar-refractivity contribution in [1.82, 2.24) is 0 Å². The Morgan fingerprint density at radius 3 is 2.46 bits per heavy atom. The van der Waals surface area contributed by atoms with Crippen LogP contribution in [0.2, 0.25) is 0 Å². The van der Waals surface area contributed by atoms with E-state index < -0.39 is 33.1 Å². The molecule has 1 fully saturated rings. The van der Waals surface area contributed by atoms with Crippen LogP contribution >= 0.6 is 8.17 Å². The van der Waals surface area contributed by atoms with E-state index in [-0.39, 0.29) is 6.61 Å². The van der Waals surface area contributed by atoms with Crippen LogP contribution in [-0.4, -0.2) is 56.4 Å². The molecule has 0 aromatic carbocycles. The molecule has 8 heteroatoms. The topological polar surface area (TPSA) is 120 Å². The number of aliphatic hydroxyl groups is 2. The minimum Gasteiger partial charge on any atom is -0.394 e. The highest BCUT2D eigenvalue weighted by molar-refractivity contribution is 7.53. The Labute approximate surface area is 74.8 Å². The molecule has 0 aromatic rings. The van der Waals surface area contributed by atoms with E-state index in [9.17, 15) is 5.11 Å². The van der Waals surface area contributed by atoms with Crippen molar-refractivity contribution in [1.29, 1.82) is 0 Å². The van der Waals surface area contributed by atoms with Crippen molar-refractivity contribution in [2.75, 3.05) is 13.2 Å². The highest BCUT2D eigenvalue weighted by atomic mass is 31.2. The Bertz CT molecular complexity index is 169. The van der Waals surface area contributed by atoms with E-state index in [4.69, 9.17) is 24.5 Å². The molecule has 5 N–H and O–H groups in total. The molecule has 3 unspecified atom stereocenters. The Hall–Kier alpha value is 0.150. The Morgan fingerprint density at radius 1 is 1.38 bits per heavy atom. The highest BCUT2D eigenvalue weighted by Crippen LogP contribution is 2.48. The summed E-state index contributed by atoms with van der Waals surface area (Å²) in [5.41, 5.74) is 0. The summed E-state index contributed by atoms with van der Waals surface area (Å²) in [7, 11) is -4.40. The van der Waals surface area contributed by atoms with Crippen LogP contribution in [0.1, 0.15) is 0 Å². The largest absolute Gasteiger partial charge is 0.567 e. The molecule has 1 heterocycles. The lowest BCUT2D eigenvalue weighted by Crippen LogP contribution is -2.35. The first-order chi connectivity index (χ1) is 5.94. The quantitative estimate of drug-likeness (QED) is 0.338. The number of rotatable bonds is 3. The summed E-state index contributed by atoms with van der Waals surface area (Å²) in [6.07, 6.45) is -3.04. The molecule has 0 amide bonds. The van der Waals surface area contributed by atoms with Gasteiger partial charge in [-0.2, -0.15) is 14.7 Å². The zero-order valence-corrected chi connectivity index (χ0v) is 7.54. The molecule has 7 nitrogen and oxygen atoms in total. The van der Waals surface area contributed by atoms with Crippen LogP contribution in [0.4, 0.5) is 0 Å². The predicted molar refractivity (Wildman–Crippen MR) is 41.3 cm³/mol. The zero-order chi connectivity index (χ0) is 10.1. The van der Waals surface area contributed by atoms with Gasteiger partial charge in [0, 0.05) is 0 Å². The van der Waals surface area contributed by atoms with Crippen LogP contribution in [0.5, 0.6) is 0 Å². The molecule has 1 aliphatic rings. The third-order valence-corrected chi connectivity index (χ3v) is 2.20. The second kappa shape index (κ2) is 4.12. The zero-order valence-electron chi connectivity index (χ0n) is 6.65. The second-order valence-corrected chi connectivity index (χ2v) is 3.94. The van der Waals surface area contributed by atoms with Gasteiger partial charge in [-0.3, -0.25) is 0 Å². The van der Waals surface area contributed by atoms with E-state index in [0.29, 0.717) is 0 Å². The Kier molecular flexibility index (Phi) is 3.56. The summed E-state index contributed by atoms with van der Waals surface area (Å²) < 4.78 is 9.19. The first kappa shape index (κ1) is 11.2. The Balaban J connectivity index is 2.54. The highest BCUT2D eigenvalue weighted by Gasteiger charge is 2.47. The van der Waals surface area contributed by atoms with Crippen LogP contribution in [0.25, 0.3) is 0 Å². The summed E-state index contributed by atoms with van der Waals surface area (Å²) in [5.74, 6) is 0. The summed E-state index contributed by atoms with van der Waals surface area (Å²) in [6, 6.07) is 0. The van der Waals surface area contributed by atoms with Crippen molar-refractivity contribution in [2.45, 2.75) is 18.3 Å². The molecule has 1 aliphatic heterocycles. The van der Waals surface area contributed by atoms with Gasteiger partial charge >= 0.3 is 8.17 Å². The second-order valence-electron chi connectivity index (χ2n) is 2.71. The number of hydrogen-bond acceptors (Lipinski definition) is 7. The maximum atomic E-state index is 9.18. The monoisotopic (exact) mass is 215 g/mol. The van der Waals surface area contributed by atoms with Gasteiger partial charge in [0.1, 0.15) is 12.2 Å². The maximum absolute atomic E-state index is 9.18. The van der Waals surface area contributed by atoms with Gasteiger partial charge in [0.15, 0.2) is 6.10 Å². The van der Waals surface area contributed by atoms with E-state index in [2.05, 4.69) is 4.52 Å². The van der Waals surface area contributed by atoms with Gasteiger partial charge in [-0.1, -0.05) is 0 Å². The van der Waals surface area contributed by atoms with Crippen LogP contribution in [0.3, 0.4) is 0 Å². The van der Waals surface area contributed by atoms with Gasteiger partial charge in [-0.15, -0.1) is 4.52 Å². The summed E-state index contributed by atoms with van der Waals surface area (Å²) in [6.45, 7) is -0.502. The molecule has 0 radical (unpaired) electrons. The van der Waals surface area contributed by atoms with Gasteiger partial charge in [-0.25, -0.2) is 0 Å². The molecule has 78 valence electrons. The smallest absolute Gasteiger partial charge is 0.394 e. The number of aliphatic hydroxyl groups excluding tert-OH is 2. The molecule has 0 aliphatic carbocycles. The van der Waals surface area contributed by atoms with E-state index in [1.807, 2.05) is 0 Å². The van der Waals surface area contributed by atoms with E-state index in [0.717, 1.165) is 0 Å². The molecule has 0 spiro atoms.